The molecule has 170 valence electrons. The zero-order valence-electron chi connectivity index (χ0n) is 19.1. The van der Waals surface area contributed by atoms with Crippen LogP contribution in [-0.2, 0) is 6.54 Å². The van der Waals surface area contributed by atoms with Crippen LogP contribution in [0, 0.1) is 18.7 Å². The molecule has 0 N–H and O–H groups in total. The van der Waals surface area contributed by atoms with Gasteiger partial charge in [0.05, 0.1) is 11.2 Å². The maximum absolute atomic E-state index is 15.2. The van der Waals surface area contributed by atoms with Gasteiger partial charge in [-0.05, 0) is 50.8 Å². The number of hydrogen-bond donors (Lipinski definition) is 0. The first-order chi connectivity index (χ1) is 15.9. The smallest absolute Gasteiger partial charge is 0.263 e. The second kappa shape index (κ2) is 8.46. The van der Waals surface area contributed by atoms with Crippen LogP contribution in [0.3, 0.4) is 0 Å². The number of benzene rings is 2. The number of nitrogens with zero attached hydrogens (tertiary/aromatic N) is 4. The fourth-order valence-electron chi connectivity index (χ4n) is 4.54. The number of fused-ring (bicyclic) bond motifs is 1. The van der Waals surface area contributed by atoms with Crippen LogP contribution in [0.2, 0.25) is 0 Å². The molecule has 0 saturated carbocycles. The Balaban J connectivity index is 1.60. The molecule has 1 aliphatic rings. The van der Waals surface area contributed by atoms with Gasteiger partial charge in [-0.15, -0.1) is 0 Å². The molecule has 2 aromatic heterocycles. The molecule has 0 bridgehead atoms. The standard InChI is InChI=1S/C26H27FN4O2/c1-4-30-15-20(26-28-25(29-33-26)18-7-5-6-17(3)12-18)24(32)19-13-21(27)23(14-22(19)30)31-10-8-16(2)9-11-31/h5-7,12-16H,4,8-11H2,1-3H3. The van der Waals surface area contributed by atoms with Crippen molar-refractivity contribution < 1.29 is 8.91 Å². The zero-order valence-corrected chi connectivity index (χ0v) is 19.1. The summed E-state index contributed by atoms with van der Waals surface area (Å²) in [6.07, 6.45) is 3.81. The molecule has 4 aromatic rings. The Morgan fingerprint density at radius 1 is 1.18 bits per heavy atom. The summed E-state index contributed by atoms with van der Waals surface area (Å²) in [5.74, 6) is 0.826. The Hall–Kier alpha value is -3.48. The van der Waals surface area contributed by atoms with E-state index in [0.29, 0.717) is 34.9 Å². The lowest BCUT2D eigenvalue weighted by atomic mass is 9.98. The Labute approximate surface area is 191 Å². The molecule has 0 unspecified atom stereocenters. The fraction of sp³-hybridized carbons (Fsp3) is 0.346. The summed E-state index contributed by atoms with van der Waals surface area (Å²) in [5.41, 5.74) is 3.12. The molecule has 33 heavy (non-hydrogen) atoms. The molecule has 0 atom stereocenters. The highest BCUT2D eigenvalue weighted by Gasteiger charge is 2.22. The van der Waals surface area contributed by atoms with Crippen molar-refractivity contribution in [2.75, 3.05) is 18.0 Å². The van der Waals surface area contributed by atoms with Gasteiger partial charge in [-0.2, -0.15) is 4.98 Å². The zero-order chi connectivity index (χ0) is 23.1. The summed E-state index contributed by atoms with van der Waals surface area (Å²) < 4.78 is 22.6. The molecular weight excluding hydrogens is 419 g/mol. The van der Waals surface area contributed by atoms with Gasteiger partial charge in [0.15, 0.2) is 0 Å². The van der Waals surface area contributed by atoms with Crippen LogP contribution in [0.25, 0.3) is 33.7 Å². The number of halogens is 1. The summed E-state index contributed by atoms with van der Waals surface area (Å²) >= 11 is 0. The maximum Gasteiger partial charge on any atom is 0.263 e. The first kappa shape index (κ1) is 21.4. The lowest BCUT2D eigenvalue weighted by molar-refractivity contribution is 0.431. The number of piperidine rings is 1. The van der Waals surface area contributed by atoms with Crippen LogP contribution in [0.4, 0.5) is 10.1 Å². The second-order valence-corrected chi connectivity index (χ2v) is 8.94. The van der Waals surface area contributed by atoms with E-state index < -0.39 is 0 Å². The van der Waals surface area contributed by atoms with Gasteiger partial charge in [-0.1, -0.05) is 35.8 Å². The Bertz CT molecular complexity index is 1380. The Morgan fingerprint density at radius 2 is 1.97 bits per heavy atom. The van der Waals surface area contributed by atoms with Crippen LogP contribution in [-0.4, -0.2) is 27.8 Å². The summed E-state index contributed by atoms with van der Waals surface area (Å²) in [6.45, 7) is 8.47. The number of rotatable bonds is 4. The van der Waals surface area contributed by atoms with Gasteiger partial charge in [-0.3, -0.25) is 4.79 Å². The topological polar surface area (TPSA) is 64.2 Å². The number of hydrogen-bond acceptors (Lipinski definition) is 5. The number of anilines is 1. The molecule has 0 amide bonds. The van der Waals surface area contributed by atoms with Crippen molar-refractivity contribution in [3.8, 4) is 22.8 Å². The van der Waals surface area contributed by atoms with Crippen LogP contribution >= 0.6 is 0 Å². The van der Waals surface area contributed by atoms with Gasteiger partial charge in [0.2, 0.25) is 11.3 Å². The van der Waals surface area contributed by atoms with Gasteiger partial charge < -0.3 is 14.0 Å². The monoisotopic (exact) mass is 446 g/mol. The van der Waals surface area contributed by atoms with E-state index in [4.69, 9.17) is 4.52 Å². The van der Waals surface area contributed by atoms with E-state index in [2.05, 4.69) is 22.0 Å². The van der Waals surface area contributed by atoms with Gasteiger partial charge in [0.25, 0.3) is 5.89 Å². The molecule has 6 nitrogen and oxygen atoms in total. The van der Waals surface area contributed by atoms with Crippen molar-refractivity contribution in [1.82, 2.24) is 14.7 Å². The fourth-order valence-corrected chi connectivity index (χ4v) is 4.54. The molecule has 0 spiro atoms. The maximum atomic E-state index is 15.2. The minimum atomic E-state index is -0.375. The number of pyridine rings is 1. The third-order valence-electron chi connectivity index (χ3n) is 6.55. The van der Waals surface area contributed by atoms with E-state index in [9.17, 15) is 4.79 Å². The van der Waals surface area contributed by atoms with Crippen LogP contribution in [0.15, 0.2) is 51.9 Å². The van der Waals surface area contributed by atoms with Crippen LogP contribution in [0.1, 0.15) is 32.3 Å². The molecule has 1 fully saturated rings. The third-order valence-corrected chi connectivity index (χ3v) is 6.55. The van der Waals surface area contributed by atoms with Gasteiger partial charge in [0.1, 0.15) is 11.4 Å². The second-order valence-electron chi connectivity index (χ2n) is 8.94. The third kappa shape index (κ3) is 3.92. The largest absolute Gasteiger partial charge is 0.369 e. The van der Waals surface area contributed by atoms with Crippen molar-refractivity contribution in [1.29, 1.82) is 0 Å². The van der Waals surface area contributed by atoms with Crippen molar-refractivity contribution >= 4 is 16.6 Å². The van der Waals surface area contributed by atoms with E-state index >= 15 is 4.39 Å². The molecule has 2 aromatic carbocycles. The van der Waals surface area contributed by atoms with Crippen LogP contribution in [0.5, 0.6) is 0 Å². The van der Waals surface area contributed by atoms with Crippen molar-refractivity contribution in [3.63, 3.8) is 0 Å². The van der Waals surface area contributed by atoms with Crippen molar-refractivity contribution in [3.05, 3.63) is 64.2 Å². The predicted octanol–water partition coefficient (Wildman–Crippen LogP) is 5.42. The minimum absolute atomic E-state index is 0.134. The van der Waals surface area contributed by atoms with E-state index in [0.717, 1.165) is 37.1 Å². The highest BCUT2D eigenvalue weighted by atomic mass is 19.1. The van der Waals surface area contributed by atoms with Crippen molar-refractivity contribution in [2.24, 2.45) is 5.92 Å². The number of aryl methyl sites for hydroxylation is 2. The van der Waals surface area contributed by atoms with Gasteiger partial charge in [-0.25, -0.2) is 4.39 Å². The van der Waals surface area contributed by atoms with E-state index in [1.54, 1.807) is 12.3 Å². The molecule has 1 saturated heterocycles. The Kier molecular flexibility index (Phi) is 5.48. The van der Waals surface area contributed by atoms with E-state index in [1.165, 1.54) is 6.07 Å². The Morgan fingerprint density at radius 3 is 2.70 bits per heavy atom. The first-order valence-electron chi connectivity index (χ1n) is 11.5. The van der Waals surface area contributed by atoms with E-state index in [1.807, 2.05) is 42.7 Å². The molecule has 1 aliphatic heterocycles. The highest BCUT2D eigenvalue weighted by Crippen LogP contribution is 2.30. The molecule has 3 heterocycles. The summed E-state index contributed by atoms with van der Waals surface area (Å²) in [4.78, 5) is 19.9. The SMILES string of the molecule is CCn1cc(-c2nc(-c3cccc(C)c3)no2)c(=O)c2cc(F)c(N3CCC(C)CC3)cc21. The quantitative estimate of drug-likeness (QED) is 0.419. The molecule has 5 rings (SSSR count). The van der Waals surface area contributed by atoms with Crippen LogP contribution < -0.4 is 10.3 Å². The average molecular weight is 447 g/mol. The predicted molar refractivity (Wildman–Crippen MR) is 128 cm³/mol. The number of aromatic nitrogens is 3. The summed E-state index contributed by atoms with van der Waals surface area (Å²) in [6, 6.07) is 10.9. The van der Waals surface area contributed by atoms with Crippen molar-refractivity contribution in [2.45, 2.75) is 40.2 Å². The lowest BCUT2D eigenvalue weighted by Crippen LogP contribution is -2.33. The van der Waals surface area contributed by atoms with Gasteiger partial charge in [0, 0.05) is 36.8 Å². The molecular formula is C26H27FN4O2. The first-order valence-corrected chi connectivity index (χ1v) is 11.5. The minimum Gasteiger partial charge on any atom is -0.369 e. The normalized spacial score (nSPS) is 14.8. The van der Waals surface area contributed by atoms with E-state index in [-0.39, 0.29) is 22.7 Å². The molecule has 0 aliphatic carbocycles. The molecule has 7 heteroatoms. The molecule has 0 radical (unpaired) electrons. The summed E-state index contributed by atoms with van der Waals surface area (Å²) in [7, 11) is 0. The highest BCUT2D eigenvalue weighted by molar-refractivity contribution is 5.86. The van der Waals surface area contributed by atoms with Gasteiger partial charge >= 0.3 is 0 Å². The lowest BCUT2D eigenvalue weighted by Gasteiger charge is -2.32. The summed E-state index contributed by atoms with van der Waals surface area (Å²) in [5, 5.41) is 4.38. The average Bonchev–Trinajstić information content (AvgIpc) is 3.30.